The zero-order valence-corrected chi connectivity index (χ0v) is 18.5. The Morgan fingerprint density at radius 1 is 0.879 bits per heavy atom. The van der Waals surface area contributed by atoms with E-state index in [4.69, 9.17) is 10.00 Å². The first-order valence-electron chi connectivity index (χ1n) is 10.3. The highest BCUT2D eigenvalue weighted by atomic mass is 32.2. The molecule has 4 rings (SSSR count). The van der Waals surface area contributed by atoms with Crippen molar-refractivity contribution in [1.29, 1.82) is 5.26 Å². The van der Waals surface area contributed by atoms with Crippen LogP contribution in [-0.2, 0) is 10.0 Å². The van der Waals surface area contributed by atoms with Crippen molar-refractivity contribution in [2.75, 3.05) is 17.5 Å². The van der Waals surface area contributed by atoms with Crippen molar-refractivity contribution in [1.82, 2.24) is 0 Å². The number of sulfonamides is 1. The molecule has 33 heavy (non-hydrogen) atoms. The second kappa shape index (κ2) is 9.74. The van der Waals surface area contributed by atoms with Gasteiger partial charge in [0.05, 0.1) is 28.8 Å². The fourth-order valence-corrected chi connectivity index (χ4v) is 4.96. The first-order valence-corrected chi connectivity index (χ1v) is 11.8. The van der Waals surface area contributed by atoms with Crippen molar-refractivity contribution in [3.8, 4) is 11.8 Å². The predicted molar refractivity (Wildman–Crippen MR) is 128 cm³/mol. The van der Waals surface area contributed by atoms with Crippen LogP contribution in [-0.4, -0.2) is 32.8 Å². The van der Waals surface area contributed by atoms with E-state index in [1.54, 1.807) is 30.3 Å². The van der Waals surface area contributed by atoms with Crippen LogP contribution in [0.5, 0.6) is 5.75 Å². The molecule has 1 N–H and O–H groups in total. The first-order chi connectivity index (χ1) is 16.0. The molecule has 4 aromatic carbocycles. The van der Waals surface area contributed by atoms with Crippen LogP contribution >= 0.6 is 0 Å². The minimum Gasteiger partial charge on any atom is -0.491 e. The van der Waals surface area contributed by atoms with Gasteiger partial charge in [0.25, 0.3) is 10.0 Å². The predicted octanol–water partition coefficient (Wildman–Crippen LogP) is 4.35. The van der Waals surface area contributed by atoms with Crippen molar-refractivity contribution < 1.29 is 18.3 Å². The average Bonchev–Trinajstić information content (AvgIpc) is 2.86. The van der Waals surface area contributed by atoms with Gasteiger partial charge in [-0.3, -0.25) is 4.31 Å². The molecular weight excluding hydrogens is 436 g/mol. The van der Waals surface area contributed by atoms with Gasteiger partial charge >= 0.3 is 0 Å². The van der Waals surface area contributed by atoms with Gasteiger partial charge in [0, 0.05) is 0 Å². The largest absolute Gasteiger partial charge is 0.491 e. The highest BCUT2D eigenvalue weighted by molar-refractivity contribution is 7.92. The molecule has 0 unspecified atom stereocenters. The van der Waals surface area contributed by atoms with Crippen LogP contribution in [0.15, 0.2) is 102 Å². The number of aliphatic hydroxyl groups excluding tert-OH is 1. The Morgan fingerprint density at radius 3 is 2.24 bits per heavy atom. The highest BCUT2D eigenvalue weighted by Gasteiger charge is 2.27. The van der Waals surface area contributed by atoms with Crippen molar-refractivity contribution in [3.63, 3.8) is 0 Å². The SMILES string of the molecule is N#Cc1ccc(S(=O)(=O)N(C[C@@H](O)COc2ccc3ccccc3c2)c2ccccc2)cc1. The smallest absolute Gasteiger partial charge is 0.264 e. The monoisotopic (exact) mass is 458 g/mol. The fourth-order valence-electron chi connectivity index (χ4n) is 3.46. The number of benzene rings is 4. The maximum atomic E-state index is 13.4. The number of aliphatic hydroxyl groups is 1. The molecule has 0 aliphatic rings. The van der Waals surface area contributed by atoms with E-state index in [0.29, 0.717) is 17.0 Å². The third-order valence-corrected chi connectivity index (χ3v) is 6.96. The molecule has 1 atom stereocenters. The normalized spacial score (nSPS) is 12.1. The molecule has 0 heterocycles. The molecule has 4 aromatic rings. The third-order valence-electron chi connectivity index (χ3n) is 5.16. The summed E-state index contributed by atoms with van der Waals surface area (Å²) in [6.07, 6.45) is -1.08. The van der Waals surface area contributed by atoms with Crippen molar-refractivity contribution >= 4 is 26.5 Å². The Hall–Kier alpha value is -3.86. The van der Waals surface area contributed by atoms with Crippen LogP contribution in [0.2, 0.25) is 0 Å². The minimum atomic E-state index is -3.98. The zero-order valence-electron chi connectivity index (χ0n) is 17.7. The number of hydrogen-bond acceptors (Lipinski definition) is 5. The Balaban J connectivity index is 1.54. The molecule has 0 aliphatic heterocycles. The molecule has 0 bridgehead atoms. The molecule has 0 spiro atoms. The average molecular weight is 459 g/mol. The first kappa shape index (κ1) is 22.3. The van der Waals surface area contributed by atoms with Gasteiger partial charge in [0.2, 0.25) is 0 Å². The van der Waals surface area contributed by atoms with E-state index in [2.05, 4.69) is 0 Å². The summed E-state index contributed by atoms with van der Waals surface area (Å²) in [5, 5.41) is 21.8. The number of hydrogen-bond donors (Lipinski definition) is 1. The number of ether oxygens (including phenoxy) is 1. The lowest BCUT2D eigenvalue weighted by Gasteiger charge is -2.27. The van der Waals surface area contributed by atoms with E-state index in [9.17, 15) is 13.5 Å². The lowest BCUT2D eigenvalue weighted by Crippen LogP contribution is -2.39. The molecule has 0 fully saturated rings. The van der Waals surface area contributed by atoms with E-state index in [0.717, 1.165) is 15.1 Å². The van der Waals surface area contributed by atoms with Gasteiger partial charge in [-0.2, -0.15) is 5.26 Å². The van der Waals surface area contributed by atoms with E-state index in [1.807, 2.05) is 48.5 Å². The Morgan fingerprint density at radius 2 is 1.55 bits per heavy atom. The van der Waals surface area contributed by atoms with Crippen molar-refractivity contribution in [2.45, 2.75) is 11.0 Å². The molecule has 166 valence electrons. The standard InChI is InChI=1S/C26H22N2O4S/c27-17-20-10-14-26(15-11-20)33(30,31)28(23-8-2-1-3-9-23)18-24(29)19-32-25-13-12-21-6-4-5-7-22(21)16-25/h1-16,24,29H,18-19H2/t24-/m1/s1. The lowest BCUT2D eigenvalue weighted by molar-refractivity contribution is 0.115. The lowest BCUT2D eigenvalue weighted by atomic mass is 10.1. The number of nitriles is 1. The van der Waals surface area contributed by atoms with Gasteiger partial charge in [0.15, 0.2) is 0 Å². The van der Waals surface area contributed by atoms with Crippen molar-refractivity contribution in [3.05, 3.63) is 103 Å². The molecule has 0 saturated heterocycles. The number of para-hydroxylation sites is 1. The number of rotatable bonds is 8. The van der Waals surface area contributed by atoms with Crippen LogP contribution in [0.3, 0.4) is 0 Å². The molecule has 0 radical (unpaired) electrons. The van der Waals surface area contributed by atoms with Gasteiger partial charge in [-0.25, -0.2) is 8.42 Å². The van der Waals surface area contributed by atoms with Crippen LogP contribution in [0.25, 0.3) is 10.8 Å². The molecular formula is C26H22N2O4S. The maximum Gasteiger partial charge on any atom is 0.264 e. The number of anilines is 1. The molecule has 0 aromatic heterocycles. The summed E-state index contributed by atoms with van der Waals surface area (Å²) in [5.74, 6) is 0.592. The molecule has 7 heteroatoms. The van der Waals surface area contributed by atoms with Crippen LogP contribution < -0.4 is 9.04 Å². The van der Waals surface area contributed by atoms with Crippen LogP contribution in [0.1, 0.15) is 5.56 Å². The van der Waals surface area contributed by atoms with E-state index < -0.39 is 16.1 Å². The topological polar surface area (TPSA) is 90.6 Å². The molecule has 6 nitrogen and oxygen atoms in total. The van der Waals surface area contributed by atoms with E-state index >= 15 is 0 Å². The van der Waals surface area contributed by atoms with Gasteiger partial charge in [-0.05, 0) is 59.3 Å². The van der Waals surface area contributed by atoms with Gasteiger partial charge < -0.3 is 9.84 Å². The van der Waals surface area contributed by atoms with E-state index in [1.165, 1.54) is 24.3 Å². The fraction of sp³-hybridized carbons (Fsp3) is 0.115. The highest BCUT2D eigenvalue weighted by Crippen LogP contribution is 2.25. The molecule has 0 amide bonds. The van der Waals surface area contributed by atoms with Crippen molar-refractivity contribution in [2.24, 2.45) is 0 Å². The van der Waals surface area contributed by atoms with Crippen LogP contribution in [0.4, 0.5) is 5.69 Å². The van der Waals surface area contributed by atoms with Gasteiger partial charge in [0.1, 0.15) is 18.5 Å². The second-order valence-electron chi connectivity index (χ2n) is 7.48. The van der Waals surface area contributed by atoms with Crippen LogP contribution in [0, 0.1) is 11.3 Å². The number of fused-ring (bicyclic) bond motifs is 1. The van der Waals surface area contributed by atoms with E-state index in [-0.39, 0.29) is 18.0 Å². The van der Waals surface area contributed by atoms with Gasteiger partial charge in [-0.1, -0.05) is 48.5 Å². The summed E-state index contributed by atoms with van der Waals surface area (Å²) in [4.78, 5) is 0.0352. The summed E-state index contributed by atoms with van der Waals surface area (Å²) in [6.45, 7) is -0.273. The summed E-state index contributed by atoms with van der Waals surface area (Å²) >= 11 is 0. The Kier molecular flexibility index (Phi) is 6.59. The zero-order chi connectivity index (χ0) is 23.3. The third kappa shape index (κ3) is 5.14. The minimum absolute atomic E-state index is 0.0352. The van der Waals surface area contributed by atoms with Gasteiger partial charge in [-0.15, -0.1) is 0 Å². The quantitative estimate of drug-likeness (QED) is 0.424. The summed E-state index contributed by atoms with van der Waals surface area (Å²) in [7, 11) is -3.98. The molecule has 0 aliphatic carbocycles. The summed E-state index contributed by atoms with van der Waals surface area (Å²) in [5.41, 5.74) is 0.788. The maximum absolute atomic E-state index is 13.4. The Bertz CT molecular complexity index is 1380. The summed E-state index contributed by atoms with van der Waals surface area (Å²) < 4.78 is 33.7. The molecule has 0 saturated carbocycles. The Labute approximate surface area is 193 Å². The number of nitrogens with zero attached hydrogens (tertiary/aromatic N) is 2. The summed E-state index contributed by atoms with van der Waals surface area (Å²) in [6, 6.07) is 29.7. The second-order valence-corrected chi connectivity index (χ2v) is 9.34.